The standard InChI is InChI=1S/C9H14N2O3/c1-6(2)14-9(13)7-4-5-8(12)11(3)10-7/h6H,4-5H2,1-3H3. The minimum Gasteiger partial charge on any atom is -0.458 e. The lowest BCUT2D eigenvalue weighted by Gasteiger charge is -2.19. The second-order valence-corrected chi connectivity index (χ2v) is 3.42. The van der Waals surface area contributed by atoms with E-state index in [1.807, 2.05) is 0 Å². The van der Waals surface area contributed by atoms with Crippen molar-refractivity contribution in [3.05, 3.63) is 0 Å². The Morgan fingerprint density at radius 2 is 2.14 bits per heavy atom. The van der Waals surface area contributed by atoms with Crippen molar-refractivity contribution < 1.29 is 14.3 Å². The molecular formula is C9H14N2O3. The Morgan fingerprint density at radius 3 is 2.64 bits per heavy atom. The fourth-order valence-electron chi connectivity index (χ4n) is 1.10. The Hall–Kier alpha value is -1.39. The molecule has 0 N–H and O–H groups in total. The van der Waals surface area contributed by atoms with Gasteiger partial charge in [0.05, 0.1) is 6.10 Å². The smallest absolute Gasteiger partial charge is 0.354 e. The van der Waals surface area contributed by atoms with Crippen molar-refractivity contribution in [1.82, 2.24) is 5.01 Å². The summed E-state index contributed by atoms with van der Waals surface area (Å²) >= 11 is 0. The summed E-state index contributed by atoms with van der Waals surface area (Å²) in [7, 11) is 1.53. The van der Waals surface area contributed by atoms with Crippen LogP contribution < -0.4 is 0 Å². The molecule has 1 amide bonds. The average Bonchev–Trinajstić information content (AvgIpc) is 2.08. The maximum absolute atomic E-state index is 11.4. The van der Waals surface area contributed by atoms with E-state index < -0.39 is 5.97 Å². The number of hydrazone groups is 1. The normalized spacial score (nSPS) is 17.0. The average molecular weight is 198 g/mol. The van der Waals surface area contributed by atoms with E-state index in [-0.39, 0.29) is 12.0 Å². The van der Waals surface area contributed by atoms with Crippen molar-refractivity contribution in [3.63, 3.8) is 0 Å². The summed E-state index contributed by atoms with van der Waals surface area (Å²) in [5, 5.41) is 5.02. The molecule has 0 aliphatic carbocycles. The Morgan fingerprint density at radius 1 is 1.50 bits per heavy atom. The number of carbonyl (C=O) groups is 2. The number of esters is 1. The molecule has 1 rings (SSSR count). The van der Waals surface area contributed by atoms with Crippen molar-refractivity contribution in [2.45, 2.75) is 32.8 Å². The van der Waals surface area contributed by atoms with Crippen LogP contribution in [0.15, 0.2) is 5.10 Å². The molecule has 5 heteroatoms. The van der Waals surface area contributed by atoms with Gasteiger partial charge in [-0.3, -0.25) is 4.79 Å². The number of rotatable bonds is 2. The highest BCUT2D eigenvalue weighted by Gasteiger charge is 2.23. The van der Waals surface area contributed by atoms with E-state index >= 15 is 0 Å². The molecule has 0 aromatic carbocycles. The van der Waals surface area contributed by atoms with E-state index in [4.69, 9.17) is 4.74 Å². The third-order valence-electron chi connectivity index (χ3n) is 1.79. The number of ether oxygens (including phenoxy) is 1. The van der Waals surface area contributed by atoms with Crippen molar-refractivity contribution in [2.75, 3.05) is 7.05 Å². The van der Waals surface area contributed by atoms with Gasteiger partial charge in [0.25, 0.3) is 0 Å². The summed E-state index contributed by atoms with van der Waals surface area (Å²) < 4.78 is 4.97. The molecule has 0 saturated heterocycles. The second-order valence-electron chi connectivity index (χ2n) is 3.42. The van der Waals surface area contributed by atoms with Crippen LogP contribution in [0.5, 0.6) is 0 Å². The monoisotopic (exact) mass is 198 g/mol. The van der Waals surface area contributed by atoms with Crippen molar-refractivity contribution in [1.29, 1.82) is 0 Å². The van der Waals surface area contributed by atoms with Gasteiger partial charge in [0.2, 0.25) is 5.91 Å². The largest absolute Gasteiger partial charge is 0.458 e. The van der Waals surface area contributed by atoms with Gasteiger partial charge in [-0.05, 0) is 13.8 Å². The molecule has 0 radical (unpaired) electrons. The Balaban J connectivity index is 2.65. The molecule has 1 heterocycles. The molecule has 0 aromatic heterocycles. The van der Waals surface area contributed by atoms with Crippen LogP contribution in [0.4, 0.5) is 0 Å². The molecule has 0 aromatic rings. The van der Waals surface area contributed by atoms with Crippen LogP contribution >= 0.6 is 0 Å². The van der Waals surface area contributed by atoms with Crippen LogP contribution in [0, 0.1) is 0 Å². The van der Waals surface area contributed by atoms with E-state index in [9.17, 15) is 9.59 Å². The minimum absolute atomic E-state index is 0.0777. The van der Waals surface area contributed by atoms with Gasteiger partial charge in [-0.2, -0.15) is 5.10 Å². The highest BCUT2D eigenvalue weighted by molar-refractivity contribution is 6.37. The second kappa shape index (κ2) is 4.21. The number of amides is 1. The van der Waals surface area contributed by atoms with Crippen molar-refractivity contribution >= 4 is 17.6 Å². The van der Waals surface area contributed by atoms with Crippen molar-refractivity contribution in [3.8, 4) is 0 Å². The zero-order valence-electron chi connectivity index (χ0n) is 8.61. The van der Waals surface area contributed by atoms with Gasteiger partial charge in [0, 0.05) is 19.9 Å². The molecule has 0 unspecified atom stereocenters. The molecule has 1 aliphatic rings. The minimum atomic E-state index is -0.431. The maximum Gasteiger partial charge on any atom is 0.354 e. The maximum atomic E-state index is 11.4. The van der Waals surface area contributed by atoms with E-state index in [0.717, 1.165) is 0 Å². The predicted molar refractivity (Wildman–Crippen MR) is 50.7 cm³/mol. The SMILES string of the molecule is CC(C)OC(=O)C1=NN(C)C(=O)CC1. The first kappa shape index (κ1) is 10.7. The van der Waals surface area contributed by atoms with Crippen LogP contribution in [0.25, 0.3) is 0 Å². The third-order valence-corrected chi connectivity index (χ3v) is 1.79. The van der Waals surface area contributed by atoms with Gasteiger partial charge in [0.15, 0.2) is 0 Å². The first-order chi connectivity index (χ1) is 6.50. The molecule has 1 aliphatic heterocycles. The van der Waals surface area contributed by atoms with Crippen LogP contribution in [0.3, 0.4) is 0 Å². The lowest BCUT2D eigenvalue weighted by atomic mass is 10.2. The third kappa shape index (κ3) is 2.55. The summed E-state index contributed by atoms with van der Waals surface area (Å²) in [5.74, 6) is -0.509. The van der Waals surface area contributed by atoms with Gasteiger partial charge >= 0.3 is 5.97 Å². The van der Waals surface area contributed by atoms with Crippen LogP contribution in [0.2, 0.25) is 0 Å². The Bertz CT molecular complexity index is 284. The molecule has 0 saturated carbocycles. The number of hydrogen-bond acceptors (Lipinski definition) is 4. The summed E-state index contributed by atoms with van der Waals surface area (Å²) in [5.41, 5.74) is 0.320. The number of carbonyl (C=O) groups excluding carboxylic acids is 2. The molecule has 0 atom stereocenters. The van der Waals surface area contributed by atoms with Crippen LogP contribution in [0.1, 0.15) is 26.7 Å². The first-order valence-electron chi connectivity index (χ1n) is 4.55. The molecule has 0 bridgehead atoms. The summed E-state index contributed by atoms with van der Waals surface area (Å²) in [6.07, 6.45) is 0.533. The fraction of sp³-hybridized carbons (Fsp3) is 0.667. The van der Waals surface area contributed by atoms with Gasteiger partial charge < -0.3 is 4.74 Å². The molecule has 78 valence electrons. The van der Waals surface area contributed by atoms with E-state index in [2.05, 4.69) is 5.10 Å². The van der Waals surface area contributed by atoms with Crippen LogP contribution in [-0.2, 0) is 14.3 Å². The molecule has 0 spiro atoms. The predicted octanol–water partition coefficient (Wildman–Crippen LogP) is 0.546. The lowest BCUT2D eigenvalue weighted by Crippen LogP contribution is -2.33. The van der Waals surface area contributed by atoms with Gasteiger partial charge in [-0.15, -0.1) is 0 Å². The highest BCUT2D eigenvalue weighted by atomic mass is 16.5. The van der Waals surface area contributed by atoms with E-state index in [1.54, 1.807) is 13.8 Å². The fourth-order valence-corrected chi connectivity index (χ4v) is 1.10. The zero-order chi connectivity index (χ0) is 10.7. The molecule has 14 heavy (non-hydrogen) atoms. The lowest BCUT2D eigenvalue weighted by molar-refractivity contribution is -0.139. The van der Waals surface area contributed by atoms with Gasteiger partial charge in [0.1, 0.15) is 5.71 Å². The Kier molecular flexibility index (Phi) is 3.22. The van der Waals surface area contributed by atoms with Crippen molar-refractivity contribution in [2.24, 2.45) is 5.10 Å². The van der Waals surface area contributed by atoms with E-state index in [1.165, 1.54) is 12.1 Å². The quantitative estimate of drug-likeness (QED) is 0.609. The summed E-state index contributed by atoms with van der Waals surface area (Å²) in [6, 6.07) is 0. The number of nitrogens with zero attached hydrogens (tertiary/aromatic N) is 2. The summed E-state index contributed by atoms with van der Waals surface area (Å²) in [4.78, 5) is 22.4. The van der Waals surface area contributed by atoms with Gasteiger partial charge in [-0.1, -0.05) is 0 Å². The zero-order valence-corrected chi connectivity index (χ0v) is 8.61. The highest BCUT2D eigenvalue weighted by Crippen LogP contribution is 2.08. The van der Waals surface area contributed by atoms with Gasteiger partial charge in [-0.25, -0.2) is 9.80 Å². The molecule has 0 fully saturated rings. The Labute approximate surface area is 82.7 Å². The van der Waals surface area contributed by atoms with Crippen LogP contribution in [-0.4, -0.2) is 35.7 Å². The first-order valence-corrected chi connectivity index (χ1v) is 4.55. The molecular weight excluding hydrogens is 184 g/mol. The topological polar surface area (TPSA) is 59.0 Å². The van der Waals surface area contributed by atoms with E-state index in [0.29, 0.717) is 18.6 Å². The molecule has 5 nitrogen and oxygen atoms in total. The number of hydrogen-bond donors (Lipinski definition) is 0. The summed E-state index contributed by atoms with van der Waals surface area (Å²) in [6.45, 7) is 3.55.